The summed E-state index contributed by atoms with van der Waals surface area (Å²) in [5, 5.41) is 0.288. The third-order valence-electron chi connectivity index (χ3n) is 3.94. The number of benzene rings is 1. The van der Waals surface area contributed by atoms with Gasteiger partial charge in [0.05, 0.1) is 17.6 Å². The Morgan fingerprint density at radius 2 is 2.07 bits per heavy atom. The molecule has 0 aliphatic heterocycles. The number of carbonyl (C=O) groups excluding carboxylic acids is 1. The minimum atomic E-state index is -4.44. The van der Waals surface area contributed by atoms with Gasteiger partial charge in [-0.15, -0.1) is 11.3 Å². The van der Waals surface area contributed by atoms with E-state index in [2.05, 4.69) is 9.97 Å². The van der Waals surface area contributed by atoms with E-state index < -0.39 is 23.3 Å². The van der Waals surface area contributed by atoms with E-state index in [1.165, 1.54) is 12.1 Å². The molecule has 27 heavy (non-hydrogen) atoms. The lowest BCUT2D eigenvalue weighted by Crippen LogP contribution is -2.12. The highest BCUT2D eigenvalue weighted by Crippen LogP contribution is 2.30. The first-order chi connectivity index (χ1) is 12.7. The van der Waals surface area contributed by atoms with Gasteiger partial charge in [-0.25, -0.2) is 9.78 Å². The van der Waals surface area contributed by atoms with Gasteiger partial charge in [0.25, 0.3) is 5.56 Å². The summed E-state index contributed by atoms with van der Waals surface area (Å²) in [4.78, 5) is 32.0. The summed E-state index contributed by atoms with van der Waals surface area (Å²) in [5.41, 5.74) is -0.356. The quantitative estimate of drug-likeness (QED) is 0.675. The van der Waals surface area contributed by atoms with Gasteiger partial charge in [0.15, 0.2) is 0 Å². The van der Waals surface area contributed by atoms with Crippen molar-refractivity contribution < 1.29 is 22.7 Å². The van der Waals surface area contributed by atoms with Crippen LogP contribution in [0, 0.1) is 6.92 Å². The average molecular weight is 396 g/mol. The van der Waals surface area contributed by atoms with E-state index in [4.69, 9.17) is 4.74 Å². The summed E-state index contributed by atoms with van der Waals surface area (Å²) in [6, 6.07) is 4.84. The van der Waals surface area contributed by atoms with Crippen LogP contribution >= 0.6 is 11.3 Å². The van der Waals surface area contributed by atoms with Crippen LogP contribution in [0.5, 0.6) is 0 Å². The summed E-state index contributed by atoms with van der Waals surface area (Å²) in [7, 11) is 0. The molecular formula is C18H15F3N2O3S. The number of hydrogen-bond donors (Lipinski definition) is 1. The van der Waals surface area contributed by atoms with E-state index in [0.29, 0.717) is 20.8 Å². The second kappa shape index (κ2) is 7.15. The van der Waals surface area contributed by atoms with Gasteiger partial charge in [0.1, 0.15) is 15.5 Å². The van der Waals surface area contributed by atoms with E-state index in [0.717, 1.165) is 23.5 Å². The molecule has 1 aromatic carbocycles. The summed E-state index contributed by atoms with van der Waals surface area (Å²) in [6.45, 7) is 3.52. The number of aromatic nitrogens is 2. The second-order valence-electron chi connectivity index (χ2n) is 5.84. The molecule has 0 spiro atoms. The van der Waals surface area contributed by atoms with Crippen molar-refractivity contribution >= 4 is 27.5 Å². The zero-order valence-corrected chi connectivity index (χ0v) is 15.3. The molecular weight excluding hydrogens is 381 g/mol. The average Bonchev–Trinajstić information content (AvgIpc) is 2.92. The fourth-order valence-corrected chi connectivity index (χ4v) is 3.81. The predicted octanol–water partition coefficient (Wildman–Crippen LogP) is 4.08. The number of carbonyl (C=O) groups is 1. The number of rotatable bonds is 4. The Labute approximate surface area is 155 Å². The van der Waals surface area contributed by atoms with Crippen LogP contribution in [-0.4, -0.2) is 22.5 Å². The van der Waals surface area contributed by atoms with E-state index in [-0.39, 0.29) is 24.2 Å². The molecule has 0 atom stereocenters. The van der Waals surface area contributed by atoms with Crippen LogP contribution in [0.3, 0.4) is 0 Å². The molecule has 0 aliphatic carbocycles. The SMILES string of the molecule is CCOC(=O)c1sc2nc(Cc3cccc(C(F)(F)F)c3)[nH]c(=O)c2c1C. The summed E-state index contributed by atoms with van der Waals surface area (Å²) >= 11 is 1.03. The largest absolute Gasteiger partial charge is 0.462 e. The van der Waals surface area contributed by atoms with Gasteiger partial charge in [-0.2, -0.15) is 13.2 Å². The summed E-state index contributed by atoms with van der Waals surface area (Å²) < 4.78 is 43.5. The topological polar surface area (TPSA) is 72.0 Å². The van der Waals surface area contributed by atoms with Gasteiger partial charge < -0.3 is 9.72 Å². The Balaban J connectivity index is 2.00. The van der Waals surface area contributed by atoms with Crippen molar-refractivity contribution in [1.82, 2.24) is 9.97 Å². The first-order valence-corrected chi connectivity index (χ1v) is 8.88. The molecule has 0 unspecified atom stereocenters. The number of halogens is 3. The minimum absolute atomic E-state index is 0.0286. The third kappa shape index (κ3) is 3.87. The number of H-pyrrole nitrogens is 1. The number of aryl methyl sites for hydroxylation is 1. The molecule has 0 aliphatic rings. The Hall–Kier alpha value is -2.68. The van der Waals surface area contributed by atoms with Crippen LogP contribution in [0.2, 0.25) is 0 Å². The predicted molar refractivity (Wildman–Crippen MR) is 95.2 cm³/mol. The standard InChI is InChI=1S/C18H15F3N2O3S/c1-3-26-17(25)14-9(2)13-15(24)22-12(23-16(13)27-14)8-10-5-4-6-11(7-10)18(19,20)21/h4-7H,3,8H2,1-2H3,(H,22,23,24). The highest BCUT2D eigenvalue weighted by Gasteiger charge is 2.30. The molecule has 9 heteroatoms. The van der Waals surface area contributed by atoms with E-state index >= 15 is 0 Å². The normalized spacial score (nSPS) is 11.7. The highest BCUT2D eigenvalue weighted by molar-refractivity contribution is 7.20. The Morgan fingerprint density at radius 3 is 2.74 bits per heavy atom. The molecule has 3 aromatic rings. The van der Waals surface area contributed by atoms with Gasteiger partial charge in [0.2, 0.25) is 0 Å². The van der Waals surface area contributed by atoms with Crippen LogP contribution in [0.25, 0.3) is 10.2 Å². The Morgan fingerprint density at radius 1 is 1.33 bits per heavy atom. The number of alkyl halides is 3. The fraction of sp³-hybridized carbons (Fsp3) is 0.278. The number of esters is 1. The van der Waals surface area contributed by atoms with Crippen molar-refractivity contribution in [2.45, 2.75) is 26.4 Å². The second-order valence-corrected chi connectivity index (χ2v) is 6.84. The van der Waals surface area contributed by atoms with Crippen molar-refractivity contribution in [3.05, 3.63) is 62.0 Å². The van der Waals surface area contributed by atoms with E-state index in [1.54, 1.807) is 13.8 Å². The lowest BCUT2D eigenvalue weighted by atomic mass is 10.1. The molecule has 142 valence electrons. The number of thiophene rings is 1. The maximum Gasteiger partial charge on any atom is 0.416 e. The smallest absolute Gasteiger partial charge is 0.416 e. The number of hydrogen-bond acceptors (Lipinski definition) is 5. The van der Waals surface area contributed by atoms with Gasteiger partial charge in [-0.3, -0.25) is 4.79 Å². The third-order valence-corrected chi connectivity index (χ3v) is 5.10. The van der Waals surface area contributed by atoms with E-state index in [1.807, 2.05) is 0 Å². The molecule has 0 fully saturated rings. The minimum Gasteiger partial charge on any atom is -0.462 e. The zero-order valence-electron chi connectivity index (χ0n) is 14.4. The lowest BCUT2D eigenvalue weighted by molar-refractivity contribution is -0.137. The monoisotopic (exact) mass is 396 g/mol. The maximum atomic E-state index is 12.8. The van der Waals surface area contributed by atoms with Crippen LogP contribution in [0.4, 0.5) is 13.2 Å². The Kier molecular flexibility index (Phi) is 5.05. The van der Waals surface area contributed by atoms with Crippen LogP contribution in [0.15, 0.2) is 29.1 Å². The molecule has 0 saturated carbocycles. The number of fused-ring (bicyclic) bond motifs is 1. The lowest BCUT2D eigenvalue weighted by Gasteiger charge is -2.08. The highest BCUT2D eigenvalue weighted by atomic mass is 32.1. The van der Waals surface area contributed by atoms with E-state index in [9.17, 15) is 22.8 Å². The van der Waals surface area contributed by atoms with Gasteiger partial charge in [0, 0.05) is 6.42 Å². The Bertz CT molecular complexity index is 1070. The molecule has 0 bridgehead atoms. The summed E-state index contributed by atoms with van der Waals surface area (Å²) in [6.07, 6.45) is -4.42. The van der Waals surface area contributed by atoms with Crippen molar-refractivity contribution in [3.63, 3.8) is 0 Å². The molecule has 0 radical (unpaired) electrons. The molecule has 0 saturated heterocycles. The number of nitrogens with zero attached hydrogens (tertiary/aromatic N) is 1. The first kappa shape index (κ1) is 19.1. The van der Waals surface area contributed by atoms with Crippen molar-refractivity contribution in [3.8, 4) is 0 Å². The maximum absolute atomic E-state index is 12.8. The van der Waals surface area contributed by atoms with Crippen molar-refractivity contribution in [2.75, 3.05) is 6.61 Å². The van der Waals surface area contributed by atoms with Crippen molar-refractivity contribution in [2.24, 2.45) is 0 Å². The van der Waals surface area contributed by atoms with Crippen LogP contribution in [0.1, 0.15) is 39.1 Å². The molecule has 2 heterocycles. The van der Waals surface area contributed by atoms with Gasteiger partial charge in [-0.05, 0) is 31.0 Å². The van der Waals surface area contributed by atoms with Crippen LogP contribution < -0.4 is 5.56 Å². The van der Waals surface area contributed by atoms with Crippen LogP contribution in [-0.2, 0) is 17.3 Å². The number of ether oxygens (including phenoxy) is 1. The number of aromatic amines is 1. The zero-order chi connectivity index (χ0) is 19.8. The van der Waals surface area contributed by atoms with Gasteiger partial charge >= 0.3 is 12.1 Å². The summed E-state index contributed by atoms with van der Waals surface area (Å²) in [5.74, 6) is -0.305. The molecule has 0 amide bonds. The number of nitrogens with one attached hydrogen (secondary N) is 1. The molecule has 1 N–H and O–H groups in total. The molecule has 2 aromatic heterocycles. The van der Waals surface area contributed by atoms with Gasteiger partial charge in [-0.1, -0.05) is 18.2 Å². The first-order valence-electron chi connectivity index (χ1n) is 8.06. The molecule has 3 rings (SSSR count). The van der Waals surface area contributed by atoms with Crippen molar-refractivity contribution in [1.29, 1.82) is 0 Å². The molecule has 5 nitrogen and oxygen atoms in total. The fourth-order valence-electron chi connectivity index (χ4n) is 2.71.